The molecular formula is C13H17N3O. The summed E-state index contributed by atoms with van der Waals surface area (Å²) in [6.45, 7) is 2.06. The summed E-state index contributed by atoms with van der Waals surface area (Å²) in [6.07, 6.45) is 1.89. The van der Waals surface area contributed by atoms with Gasteiger partial charge < -0.3 is 15.7 Å². The topological polar surface area (TPSA) is 56.7 Å². The molecule has 4 nitrogen and oxygen atoms in total. The van der Waals surface area contributed by atoms with Gasteiger partial charge in [0.25, 0.3) is 0 Å². The van der Waals surface area contributed by atoms with Crippen LogP contribution in [-0.4, -0.2) is 36.1 Å². The molecule has 0 aromatic heterocycles. The van der Waals surface area contributed by atoms with Gasteiger partial charge in [0, 0.05) is 13.0 Å². The molecule has 17 heavy (non-hydrogen) atoms. The van der Waals surface area contributed by atoms with Gasteiger partial charge in [-0.25, -0.2) is 0 Å². The number of amidine groups is 1. The Balaban J connectivity index is 1.70. The van der Waals surface area contributed by atoms with E-state index in [1.165, 1.54) is 0 Å². The maximum atomic E-state index is 9.42. The van der Waals surface area contributed by atoms with Crippen molar-refractivity contribution in [2.75, 3.05) is 13.1 Å². The highest BCUT2D eigenvalue weighted by Gasteiger charge is 2.30. The number of aliphatic imine (C=N–C) groups is 1. The molecule has 0 saturated carbocycles. The molecule has 0 bridgehead atoms. The van der Waals surface area contributed by atoms with Crippen molar-refractivity contribution in [1.82, 2.24) is 10.6 Å². The van der Waals surface area contributed by atoms with Gasteiger partial charge in [-0.15, -0.1) is 0 Å². The average Bonchev–Trinajstić information content (AvgIpc) is 2.71. The second-order valence-electron chi connectivity index (χ2n) is 4.73. The van der Waals surface area contributed by atoms with Gasteiger partial charge in [-0.2, -0.15) is 0 Å². The lowest BCUT2D eigenvalue weighted by molar-refractivity contribution is 0.402. The average molecular weight is 231 g/mol. The molecule has 1 aromatic carbocycles. The summed E-state index contributed by atoms with van der Waals surface area (Å²) in [5.41, 5.74) is 1.10. The fourth-order valence-corrected chi connectivity index (χ4v) is 2.55. The van der Waals surface area contributed by atoms with E-state index in [2.05, 4.69) is 10.6 Å². The van der Waals surface area contributed by atoms with Crippen molar-refractivity contribution in [3.63, 3.8) is 0 Å². The van der Waals surface area contributed by atoms with Crippen molar-refractivity contribution in [2.45, 2.75) is 24.9 Å². The van der Waals surface area contributed by atoms with Crippen LogP contribution in [0.25, 0.3) is 0 Å². The Kier molecular flexibility index (Phi) is 2.73. The Morgan fingerprint density at radius 2 is 2.35 bits per heavy atom. The van der Waals surface area contributed by atoms with Crippen LogP contribution in [0.2, 0.25) is 0 Å². The van der Waals surface area contributed by atoms with E-state index < -0.39 is 0 Å². The van der Waals surface area contributed by atoms with Crippen molar-refractivity contribution < 1.29 is 5.11 Å². The summed E-state index contributed by atoms with van der Waals surface area (Å²) in [5.74, 6) is 1.37. The Labute approximate surface area is 101 Å². The number of aromatic hydroxyl groups is 1. The van der Waals surface area contributed by atoms with Crippen LogP contribution in [0.1, 0.15) is 12.0 Å². The van der Waals surface area contributed by atoms with Crippen LogP contribution in [0.15, 0.2) is 29.3 Å². The van der Waals surface area contributed by atoms with Crippen molar-refractivity contribution >= 4 is 5.84 Å². The van der Waals surface area contributed by atoms with Crippen molar-refractivity contribution in [2.24, 2.45) is 4.99 Å². The molecule has 4 heteroatoms. The van der Waals surface area contributed by atoms with Gasteiger partial charge in [-0.1, -0.05) is 12.1 Å². The number of fused-ring (bicyclic) bond motifs is 1. The van der Waals surface area contributed by atoms with E-state index in [1.54, 1.807) is 12.1 Å². The molecular weight excluding hydrogens is 214 g/mol. The number of hydrogen-bond acceptors (Lipinski definition) is 4. The van der Waals surface area contributed by atoms with Gasteiger partial charge in [-0.05, 0) is 30.7 Å². The molecule has 2 unspecified atom stereocenters. The molecule has 0 radical (unpaired) electrons. The van der Waals surface area contributed by atoms with Gasteiger partial charge in [0.05, 0.1) is 12.1 Å². The molecule has 2 aliphatic heterocycles. The number of piperidine rings is 1. The predicted molar refractivity (Wildman–Crippen MR) is 67.4 cm³/mol. The predicted octanol–water partition coefficient (Wildman–Crippen LogP) is 0.667. The van der Waals surface area contributed by atoms with Gasteiger partial charge in [0.2, 0.25) is 0 Å². The van der Waals surface area contributed by atoms with E-state index in [-0.39, 0.29) is 0 Å². The van der Waals surface area contributed by atoms with E-state index in [0.29, 0.717) is 17.8 Å². The minimum absolute atomic E-state index is 0.320. The van der Waals surface area contributed by atoms with Crippen molar-refractivity contribution in [3.05, 3.63) is 29.8 Å². The Bertz CT molecular complexity index is 444. The smallest absolute Gasteiger partial charge is 0.115 e. The molecule has 1 fully saturated rings. The van der Waals surface area contributed by atoms with Crippen LogP contribution in [0, 0.1) is 0 Å². The number of benzene rings is 1. The Morgan fingerprint density at radius 3 is 3.18 bits per heavy atom. The zero-order chi connectivity index (χ0) is 11.7. The zero-order valence-electron chi connectivity index (χ0n) is 9.69. The Hall–Kier alpha value is -1.55. The molecule has 0 aliphatic carbocycles. The third kappa shape index (κ3) is 2.26. The highest BCUT2D eigenvalue weighted by Crippen LogP contribution is 2.17. The highest BCUT2D eigenvalue weighted by atomic mass is 16.3. The monoisotopic (exact) mass is 231 g/mol. The van der Waals surface area contributed by atoms with Crippen LogP contribution in [0.3, 0.4) is 0 Å². The lowest BCUT2D eigenvalue weighted by Crippen LogP contribution is -2.48. The number of nitrogens with zero attached hydrogens (tertiary/aromatic N) is 1. The van der Waals surface area contributed by atoms with E-state index in [0.717, 1.165) is 37.3 Å². The quantitative estimate of drug-likeness (QED) is 0.701. The largest absolute Gasteiger partial charge is 0.508 e. The van der Waals surface area contributed by atoms with E-state index in [1.807, 2.05) is 12.1 Å². The number of hydrogen-bond donors (Lipinski definition) is 3. The summed E-state index contributed by atoms with van der Waals surface area (Å²) < 4.78 is 0. The molecule has 0 spiro atoms. The highest BCUT2D eigenvalue weighted by molar-refractivity contribution is 5.86. The normalized spacial score (nSPS) is 27.2. The van der Waals surface area contributed by atoms with Crippen LogP contribution in [0.4, 0.5) is 0 Å². The molecule has 2 heterocycles. The second kappa shape index (κ2) is 4.37. The van der Waals surface area contributed by atoms with E-state index in [4.69, 9.17) is 4.99 Å². The van der Waals surface area contributed by atoms with Crippen LogP contribution in [-0.2, 0) is 6.42 Å². The van der Waals surface area contributed by atoms with E-state index >= 15 is 0 Å². The van der Waals surface area contributed by atoms with Gasteiger partial charge in [-0.3, -0.25) is 4.99 Å². The van der Waals surface area contributed by atoms with Gasteiger partial charge >= 0.3 is 0 Å². The molecule has 3 rings (SSSR count). The minimum atomic E-state index is 0.320. The number of nitrogens with one attached hydrogen (secondary N) is 2. The maximum absolute atomic E-state index is 9.42. The number of rotatable bonds is 2. The molecule has 2 aliphatic rings. The fraction of sp³-hybridized carbons (Fsp3) is 0.462. The standard InChI is InChI=1S/C13H17N3O/c17-10-3-1-2-9(6-10)7-13-15-11-4-5-14-8-12(11)16-13/h1-3,6,11-12,14,17H,4-5,7-8H2,(H,15,16). The fourth-order valence-electron chi connectivity index (χ4n) is 2.55. The minimum Gasteiger partial charge on any atom is -0.508 e. The third-order valence-electron chi connectivity index (χ3n) is 3.40. The molecule has 1 aromatic rings. The molecule has 2 atom stereocenters. The summed E-state index contributed by atoms with van der Waals surface area (Å²) in [6, 6.07) is 8.26. The second-order valence-corrected chi connectivity index (χ2v) is 4.73. The summed E-state index contributed by atoms with van der Waals surface area (Å²) in [4.78, 5) is 4.72. The van der Waals surface area contributed by atoms with Crippen LogP contribution < -0.4 is 10.6 Å². The molecule has 90 valence electrons. The number of phenolic OH excluding ortho intramolecular Hbond substituents is 1. The van der Waals surface area contributed by atoms with Crippen LogP contribution >= 0.6 is 0 Å². The van der Waals surface area contributed by atoms with Crippen molar-refractivity contribution in [1.29, 1.82) is 0 Å². The van der Waals surface area contributed by atoms with Gasteiger partial charge in [0.1, 0.15) is 11.6 Å². The SMILES string of the molecule is Oc1cccc(CC2=NC3CCNCC3N2)c1. The number of phenols is 1. The summed E-state index contributed by atoms with van der Waals surface area (Å²) >= 11 is 0. The summed E-state index contributed by atoms with van der Waals surface area (Å²) in [5, 5.41) is 16.3. The first-order valence-corrected chi connectivity index (χ1v) is 6.13. The first-order chi connectivity index (χ1) is 8.31. The van der Waals surface area contributed by atoms with E-state index in [9.17, 15) is 5.11 Å². The van der Waals surface area contributed by atoms with Crippen LogP contribution in [0.5, 0.6) is 5.75 Å². The van der Waals surface area contributed by atoms with Crippen molar-refractivity contribution in [3.8, 4) is 5.75 Å². The first kappa shape index (κ1) is 10.6. The molecule has 3 N–H and O–H groups in total. The third-order valence-corrected chi connectivity index (χ3v) is 3.40. The molecule has 0 amide bonds. The lowest BCUT2D eigenvalue weighted by atomic mass is 10.0. The lowest BCUT2D eigenvalue weighted by Gasteiger charge is -2.24. The molecule has 1 saturated heterocycles. The Morgan fingerprint density at radius 1 is 1.41 bits per heavy atom. The zero-order valence-corrected chi connectivity index (χ0v) is 9.69. The summed E-state index contributed by atoms with van der Waals surface area (Å²) in [7, 11) is 0. The van der Waals surface area contributed by atoms with Gasteiger partial charge in [0.15, 0.2) is 0 Å². The maximum Gasteiger partial charge on any atom is 0.115 e. The first-order valence-electron chi connectivity index (χ1n) is 6.13.